The van der Waals surface area contributed by atoms with E-state index in [-0.39, 0.29) is 29.9 Å². The first-order chi connectivity index (χ1) is 7.76. The number of halogens is 1. The summed E-state index contributed by atoms with van der Waals surface area (Å²) in [4.78, 5) is 33.6. The minimum atomic E-state index is -0.944. The predicted molar refractivity (Wildman–Crippen MR) is 73.7 cm³/mol. The summed E-state index contributed by atoms with van der Waals surface area (Å²) in [5.41, 5.74) is -0.139. The molecule has 0 aromatic carbocycles. The van der Waals surface area contributed by atoms with Crippen LogP contribution in [0.4, 0.5) is 0 Å². The molecule has 1 aliphatic rings. The maximum absolute atomic E-state index is 10.4. The molecule has 1 atom stereocenters. The second kappa shape index (κ2) is 12.0. The molecule has 0 saturated carbocycles. The number of amides is 1. The monoisotopic (exact) mass is 407 g/mol. The number of hydrogen-bond donors (Lipinski definition) is 2. The van der Waals surface area contributed by atoms with Gasteiger partial charge in [0.05, 0.1) is 0 Å². The number of rotatable bonds is 1. The summed E-state index contributed by atoms with van der Waals surface area (Å²) in [6.07, 6.45) is 1.71. The Bertz CT molecular complexity index is 266. The molecule has 0 spiro atoms. The van der Waals surface area contributed by atoms with Crippen molar-refractivity contribution >= 4 is 40.8 Å². The average molecular weight is 407 g/mol. The second-order valence-corrected chi connectivity index (χ2v) is 4.48. The smallest absolute Gasteiger partial charge is 0.326 e. The Morgan fingerprint density at radius 2 is 1.89 bits per heavy atom. The van der Waals surface area contributed by atoms with E-state index in [4.69, 9.17) is 5.11 Å². The molecule has 1 radical (unpaired) electrons. The van der Waals surface area contributed by atoms with E-state index in [9.17, 15) is 14.4 Å². The molecular weight excluding hydrogens is 388 g/mol. The number of aldehydes is 1. The van der Waals surface area contributed by atoms with Crippen molar-refractivity contribution in [3.05, 3.63) is 4.93 Å². The quantitative estimate of drug-likeness (QED) is 0.395. The zero-order valence-electron chi connectivity index (χ0n) is 10.8. The predicted octanol–water partition coefficient (Wildman–Crippen LogP) is 1.79. The standard InChI is InChI=1S/C5H7NO3.C5H10O.CH2I.V/c7-4-2-1-3(6-4)5(8)9;1-5(2,3)4-6;1-2;/h3H,1-2H2,(H,6,7)(H,8,9);4H,1-3H3;1H2;/q;;-1;/t3-;;;/m0.../s1. The van der Waals surface area contributed by atoms with Crippen molar-refractivity contribution in [3.63, 3.8) is 0 Å². The number of aliphatic carboxylic acids is 1. The summed E-state index contributed by atoms with van der Waals surface area (Å²) in [7, 11) is 0. The molecule has 5 nitrogen and oxygen atoms in total. The van der Waals surface area contributed by atoms with E-state index in [0.717, 1.165) is 6.29 Å². The van der Waals surface area contributed by atoms with Gasteiger partial charge < -0.3 is 37.8 Å². The maximum Gasteiger partial charge on any atom is 0.326 e. The van der Waals surface area contributed by atoms with Crippen LogP contribution in [0.25, 0.3) is 0 Å². The Balaban J connectivity index is -0.000000222. The van der Waals surface area contributed by atoms with Gasteiger partial charge in [0, 0.05) is 30.4 Å². The normalized spacial score (nSPS) is 16.9. The number of carboxylic acid groups (broad SMARTS) is 1. The topological polar surface area (TPSA) is 83.5 Å². The summed E-state index contributed by atoms with van der Waals surface area (Å²) in [6.45, 7) is 5.62. The Kier molecular flexibility index (Phi) is 15.3. The average Bonchev–Trinajstić information content (AvgIpc) is 2.68. The third-order valence-corrected chi connectivity index (χ3v) is 1.65. The Morgan fingerprint density at radius 3 is 2.00 bits per heavy atom. The number of carbonyl (C=O) groups excluding carboxylic acids is 2. The van der Waals surface area contributed by atoms with Crippen molar-refractivity contribution in [2.45, 2.75) is 39.7 Å². The van der Waals surface area contributed by atoms with Crippen LogP contribution in [0.15, 0.2) is 0 Å². The van der Waals surface area contributed by atoms with Crippen molar-refractivity contribution in [3.8, 4) is 0 Å². The minimum Gasteiger partial charge on any atom is -0.480 e. The molecule has 1 rings (SSSR count). The van der Waals surface area contributed by atoms with Gasteiger partial charge in [-0.3, -0.25) is 9.73 Å². The van der Waals surface area contributed by atoms with E-state index in [1.807, 2.05) is 43.4 Å². The molecule has 1 amide bonds. The minimum absolute atomic E-state index is 0. The molecule has 105 valence electrons. The fraction of sp³-hybridized carbons (Fsp3) is 0.636. The number of carbonyl (C=O) groups is 3. The zero-order chi connectivity index (χ0) is 14.1. The van der Waals surface area contributed by atoms with Crippen molar-refractivity contribution in [2.24, 2.45) is 5.41 Å². The van der Waals surface area contributed by atoms with Gasteiger partial charge in [-0.15, -0.1) is 0 Å². The Labute approximate surface area is 133 Å². The van der Waals surface area contributed by atoms with Crippen LogP contribution in [0.5, 0.6) is 0 Å². The number of nitrogens with one attached hydrogen (secondary N) is 1. The first kappa shape index (κ1) is 23.1. The fourth-order valence-electron chi connectivity index (χ4n) is 0.799. The van der Waals surface area contributed by atoms with Gasteiger partial charge in [0.25, 0.3) is 0 Å². The van der Waals surface area contributed by atoms with Gasteiger partial charge in [0.15, 0.2) is 0 Å². The van der Waals surface area contributed by atoms with Crippen molar-refractivity contribution in [1.29, 1.82) is 0 Å². The molecule has 1 fully saturated rings. The van der Waals surface area contributed by atoms with Gasteiger partial charge in [0.1, 0.15) is 12.3 Å². The fourth-order valence-corrected chi connectivity index (χ4v) is 0.799. The molecule has 2 N–H and O–H groups in total. The van der Waals surface area contributed by atoms with Crippen molar-refractivity contribution in [2.75, 3.05) is 0 Å². The third kappa shape index (κ3) is 14.0. The molecule has 0 aromatic heterocycles. The van der Waals surface area contributed by atoms with Crippen LogP contribution in [0.2, 0.25) is 0 Å². The van der Waals surface area contributed by atoms with Crippen LogP contribution in [-0.2, 0) is 32.9 Å². The van der Waals surface area contributed by atoms with E-state index in [1.54, 1.807) is 0 Å². The first-order valence-corrected chi connectivity index (χ1v) is 6.54. The number of carboxylic acids is 1. The summed E-state index contributed by atoms with van der Waals surface area (Å²) in [6, 6.07) is -0.641. The van der Waals surface area contributed by atoms with Crippen LogP contribution in [0, 0.1) is 10.3 Å². The Morgan fingerprint density at radius 1 is 1.50 bits per heavy atom. The van der Waals surface area contributed by atoms with Crippen LogP contribution in [0.1, 0.15) is 33.6 Å². The molecule has 18 heavy (non-hydrogen) atoms. The molecule has 0 aromatic rings. The Hall–Kier alpha value is -0.0756. The van der Waals surface area contributed by atoms with E-state index in [1.165, 1.54) is 0 Å². The molecular formula is C11H19INO4V-. The summed E-state index contributed by atoms with van der Waals surface area (Å²) in [5, 5.41) is 10.6. The molecule has 0 bridgehead atoms. The number of hydrogen-bond acceptors (Lipinski definition) is 3. The van der Waals surface area contributed by atoms with Crippen molar-refractivity contribution < 1.29 is 38.0 Å². The molecule has 1 aliphatic heterocycles. The largest absolute Gasteiger partial charge is 0.480 e. The molecule has 1 saturated heterocycles. The SMILES string of the molecule is CC(C)(C)C=O.O=C1CC[C@@H](C(=O)O)N1.[CH2-]I.[V]. The van der Waals surface area contributed by atoms with Gasteiger partial charge in [-0.2, -0.15) is 0 Å². The van der Waals surface area contributed by atoms with Crippen molar-refractivity contribution in [1.82, 2.24) is 5.32 Å². The van der Waals surface area contributed by atoms with Gasteiger partial charge in [-0.25, -0.2) is 4.79 Å². The van der Waals surface area contributed by atoms with Crippen LogP contribution >= 0.6 is 22.6 Å². The summed E-state index contributed by atoms with van der Waals surface area (Å²) < 4.78 is 0. The first-order valence-electron chi connectivity index (χ1n) is 5.01. The third-order valence-electron chi connectivity index (χ3n) is 1.65. The van der Waals surface area contributed by atoms with Gasteiger partial charge in [0.2, 0.25) is 5.91 Å². The van der Waals surface area contributed by atoms with E-state index < -0.39 is 12.0 Å². The second-order valence-electron chi connectivity index (χ2n) is 4.48. The molecule has 7 heteroatoms. The van der Waals surface area contributed by atoms with E-state index >= 15 is 0 Å². The zero-order valence-corrected chi connectivity index (χ0v) is 14.3. The van der Waals surface area contributed by atoms with Gasteiger partial charge >= 0.3 is 5.97 Å². The molecule has 1 heterocycles. The maximum atomic E-state index is 10.4. The van der Waals surface area contributed by atoms with E-state index in [0.29, 0.717) is 12.8 Å². The van der Waals surface area contributed by atoms with Gasteiger partial charge in [-0.05, 0) is 6.42 Å². The molecule has 0 unspecified atom stereocenters. The van der Waals surface area contributed by atoms with Crippen LogP contribution < -0.4 is 5.32 Å². The summed E-state index contributed by atoms with van der Waals surface area (Å²) >= 11 is 1.90. The molecule has 0 aliphatic carbocycles. The van der Waals surface area contributed by atoms with E-state index in [2.05, 4.69) is 10.2 Å². The van der Waals surface area contributed by atoms with Gasteiger partial charge in [-0.1, -0.05) is 20.8 Å². The van der Waals surface area contributed by atoms with Crippen LogP contribution in [-0.4, -0.2) is 29.3 Å². The van der Waals surface area contributed by atoms with Crippen LogP contribution in [0.3, 0.4) is 0 Å². The summed E-state index contributed by atoms with van der Waals surface area (Å²) in [5.74, 6) is -1.11.